The summed E-state index contributed by atoms with van der Waals surface area (Å²) in [7, 11) is 1.72. The number of Topliss-reactive ketones (excluding diaryl/α,β-unsaturated/α-hetero) is 1. The van der Waals surface area contributed by atoms with Crippen molar-refractivity contribution in [1.82, 2.24) is 0 Å². The minimum atomic E-state index is -0.316. The number of para-hydroxylation sites is 1. The molecule has 20 heavy (non-hydrogen) atoms. The normalized spacial score (nSPS) is 10.4. The van der Waals surface area contributed by atoms with E-state index in [1.165, 1.54) is 6.07 Å². The third kappa shape index (κ3) is 3.05. The Hall–Kier alpha value is -2.16. The molecule has 2 rings (SSSR count). The van der Waals surface area contributed by atoms with Crippen LogP contribution in [-0.4, -0.2) is 19.4 Å². The number of ketones is 1. The van der Waals surface area contributed by atoms with E-state index in [2.05, 4.69) is 0 Å². The van der Waals surface area contributed by atoms with Crippen LogP contribution in [0.4, 0.5) is 10.1 Å². The quantitative estimate of drug-likeness (QED) is 0.789. The van der Waals surface area contributed by atoms with E-state index in [0.29, 0.717) is 11.3 Å². The highest BCUT2D eigenvalue weighted by Crippen LogP contribution is 2.18. The summed E-state index contributed by atoms with van der Waals surface area (Å²) >= 11 is 0. The summed E-state index contributed by atoms with van der Waals surface area (Å²) < 4.78 is 13.7. The van der Waals surface area contributed by atoms with Crippen molar-refractivity contribution < 1.29 is 9.18 Å². The van der Waals surface area contributed by atoms with Gasteiger partial charge in [-0.05, 0) is 31.5 Å². The van der Waals surface area contributed by atoms with Gasteiger partial charge in [-0.2, -0.15) is 0 Å². The van der Waals surface area contributed by atoms with Crippen molar-refractivity contribution in [2.45, 2.75) is 13.8 Å². The number of benzene rings is 2. The van der Waals surface area contributed by atoms with Crippen molar-refractivity contribution in [2.75, 3.05) is 18.5 Å². The predicted octanol–water partition coefficient (Wildman–Crippen LogP) is 3.76. The number of aryl methyl sites for hydroxylation is 2. The molecule has 3 heteroatoms. The van der Waals surface area contributed by atoms with Crippen LogP contribution < -0.4 is 4.90 Å². The minimum absolute atomic E-state index is 0.00625. The molecule has 0 heterocycles. The molecule has 0 saturated carbocycles. The van der Waals surface area contributed by atoms with Crippen molar-refractivity contribution in [2.24, 2.45) is 0 Å². The Morgan fingerprint density at radius 2 is 1.85 bits per heavy atom. The number of carbonyl (C=O) groups is 1. The van der Waals surface area contributed by atoms with Crippen LogP contribution in [0.2, 0.25) is 0 Å². The van der Waals surface area contributed by atoms with Gasteiger partial charge in [-0.3, -0.25) is 4.79 Å². The van der Waals surface area contributed by atoms with Crippen LogP contribution >= 0.6 is 0 Å². The maximum absolute atomic E-state index is 13.7. The van der Waals surface area contributed by atoms with Crippen LogP contribution in [0, 0.1) is 19.7 Å². The molecule has 0 bridgehead atoms. The first-order valence-electron chi connectivity index (χ1n) is 6.55. The van der Waals surface area contributed by atoms with E-state index in [4.69, 9.17) is 0 Å². The van der Waals surface area contributed by atoms with Gasteiger partial charge < -0.3 is 4.90 Å². The van der Waals surface area contributed by atoms with Gasteiger partial charge >= 0.3 is 0 Å². The van der Waals surface area contributed by atoms with Crippen LogP contribution in [-0.2, 0) is 0 Å². The highest BCUT2D eigenvalue weighted by molar-refractivity contribution is 6.00. The number of halogens is 1. The number of rotatable bonds is 4. The Bertz CT molecular complexity index is 637. The zero-order valence-corrected chi connectivity index (χ0v) is 12.0. The molecule has 0 fully saturated rings. The molecule has 0 aliphatic heterocycles. The maximum Gasteiger partial charge on any atom is 0.182 e. The number of nitrogens with zero attached hydrogens (tertiary/aromatic N) is 1. The highest BCUT2D eigenvalue weighted by Gasteiger charge is 2.14. The molecule has 0 saturated heterocycles. The van der Waals surface area contributed by atoms with E-state index in [0.717, 1.165) is 11.1 Å². The zero-order chi connectivity index (χ0) is 14.7. The number of carbonyl (C=O) groups excluding carboxylic acids is 1. The second kappa shape index (κ2) is 5.87. The van der Waals surface area contributed by atoms with Gasteiger partial charge in [0, 0.05) is 12.6 Å². The van der Waals surface area contributed by atoms with Gasteiger partial charge in [0.1, 0.15) is 5.82 Å². The zero-order valence-electron chi connectivity index (χ0n) is 12.0. The Labute approximate surface area is 118 Å². The molecule has 2 aromatic rings. The average molecular weight is 271 g/mol. The minimum Gasteiger partial charge on any atom is -0.365 e. The van der Waals surface area contributed by atoms with Gasteiger partial charge in [-0.15, -0.1) is 0 Å². The van der Waals surface area contributed by atoms with Crippen LogP contribution in [0.15, 0.2) is 42.5 Å². The van der Waals surface area contributed by atoms with Crippen LogP contribution in [0.3, 0.4) is 0 Å². The fourth-order valence-corrected chi connectivity index (χ4v) is 2.27. The number of likely N-dealkylation sites (N-methyl/N-ethyl adjacent to an activating group) is 1. The molecule has 0 atom stereocenters. The summed E-state index contributed by atoms with van der Waals surface area (Å²) in [4.78, 5) is 13.9. The van der Waals surface area contributed by atoms with Crippen molar-refractivity contribution in [1.29, 1.82) is 0 Å². The van der Waals surface area contributed by atoms with Gasteiger partial charge in [0.25, 0.3) is 0 Å². The molecule has 0 spiro atoms. The largest absolute Gasteiger partial charge is 0.365 e. The van der Waals surface area contributed by atoms with Gasteiger partial charge in [0.2, 0.25) is 0 Å². The summed E-state index contributed by atoms with van der Waals surface area (Å²) in [5, 5.41) is 0. The summed E-state index contributed by atoms with van der Waals surface area (Å²) in [6, 6.07) is 12.2. The molecule has 0 radical (unpaired) electrons. The van der Waals surface area contributed by atoms with Gasteiger partial charge in [-0.25, -0.2) is 4.39 Å². The molecule has 0 aliphatic rings. The SMILES string of the molecule is Cc1ccc(C(=O)CN(C)c2ccccc2F)c(C)c1. The standard InChI is InChI=1S/C17H18FNO/c1-12-8-9-14(13(2)10-12)17(20)11-19(3)16-7-5-4-6-15(16)18/h4-10H,11H2,1-3H3. The number of hydrogen-bond donors (Lipinski definition) is 0. The van der Waals surface area contributed by atoms with E-state index in [1.807, 2.05) is 32.0 Å². The lowest BCUT2D eigenvalue weighted by Gasteiger charge is -2.19. The Morgan fingerprint density at radius 3 is 2.50 bits per heavy atom. The third-order valence-electron chi connectivity index (χ3n) is 3.33. The van der Waals surface area contributed by atoms with Crippen molar-refractivity contribution in [3.63, 3.8) is 0 Å². The van der Waals surface area contributed by atoms with E-state index < -0.39 is 0 Å². The average Bonchev–Trinajstić information content (AvgIpc) is 2.38. The fraction of sp³-hybridized carbons (Fsp3) is 0.235. The van der Waals surface area contributed by atoms with E-state index in [9.17, 15) is 9.18 Å². The molecule has 0 N–H and O–H groups in total. The van der Waals surface area contributed by atoms with Crippen molar-refractivity contribution in [3.05, 3.63) is 65.0 Å². The van der Waals surface area contributed by atoms with Gasteiger partial charge in [0.05, 0.1) is 12.2 Å². The van der Waals surface area contributed by atoms with Gasteiger partial charge in [-0.1, -0.05) is 35.9 Å². The maximum atomic E-state index is 13.7. The van der Waals surface area contributed by atoms with Gasteiger partial charge in [0.15, 0.2) is 5.78 Å². The molecule has 104 valence electrons. The van der Waals surface area contributed by atoms with Crippen LogP contribution in [0.5, 0.6) is 0 Å². The topological polar surface area (TPSA) is 20.3 Å². The van der Waals surface area contributed by atoms with E-state index >= 15 is 0 Å². The summed E-state index contributed by atoms with van der Waals surface area (Å²) in [5.74, 6) is -0.323. The molecule has 2 aromatic carbocycles. The first-order valence-corrected chi connectivity index (χ1v) is 6.55. The van der Waals surface area contributed by atoms with Crippen molar-refractivity contribution in [3.8, 4) is 0 Å². The Morgan fingerprint density at radius 1 is 1.15 bits per heavy atom. The van der Waals surface area contributed by atoms with E-state index in [1.54, 1.807) is 30.1 Å². The summed E-state index contributed by atoms with van der Waals surface area (Å²) in [6.07, 6.45) is 0. The predicted molar refractivity (Wildman–Crippen MR) is 79.9 cm³/mol. The lowest BCUT2D eigenvalue weighted by atomic mass is 10.0. The fourth-order valence-electron chi connectivity index (χ4n) is 2.27. The van der Waals surface area contributed by atoms with Crippen LogP contribution in [0.1, 0.15) is 21.5 Å². The molecule has 0 aromatic heterocycles. The van der Waals surface area contributed by atoms with E-state index in [-0.39, 0.29) is 18.1 Å². The monoisotopic (exact) mass is 271 g/mol. The number of anilines is 1. The Kier molecular flexibility index (Phi) is 4.18. The molecule has 0 amide bonds. The summed E-state index contributed by atoms with van der Waals surface area (Å²) in [6.45, 7) is 4.07. The molecule has 0 unspecified atom stereocenters. The highest BCUT2D eigenvalue weighted by atomic mass is 19.1. The number of hydrogen-bond acceptors (Lipinski definition) is 2. The first kappa shape index (κ1) is 14.3. The Balaban J connectivity index is 2.17. The first-order chi connectivity index (χ1) is 9.49. The molecular weight excluding hydrogens is 253 g/mol. The lowest BCUT2D eigenvalue weighted by molar-refractivity contribution is 0.0999. The smallest absolute Gasteiger partial charge is 0.182 e. The summed E-state index contributed by atoms with van der Waals surface area (Å²) in [5.41, 5.74) is 3.21. The van der Waals surface area contributed by atoms with Crippen molar-refractivity contribution >= 4 is 11.5 Å². The molecule has 0 aliphatic carbocycles. The molecular formula is C17H18FNO. The van der Waals surface area contributed by atoms with Crippen LogP contribution in [0.25, 0.3) is 0 Å². The lowest BCUT2D eigenvalue weighted by Crippen LogP contribution is -2.26. The second-order valence-electron chi connectivity index (χ2n) is 5.05. The molecule has 2 nitrogen and oxygen atoms in total. The third-order valence-corrected chi connectivity index (χ3v) is 3.33. The second-order valence-corrected chi connectivity index (χ2v) is 5.05.